The van der Waals surface area contributed by atoms with Crippen LogP contribution in [-0.2, 0) is 0 Å². The first-order valence-electron chi connectivity index (χ1n) is 6.48. The van der Waals surface area contributed by atoms with E-state index in [1.54, 1.807) is 12.2 Å². The Morgan fingerprint density at radius 2 is 1.00 bits per heavy atom. The third kappa shape index (κ3) is 2.72. The van der Waals surface area contributed by atoms with Crippen LogP contribution >= 0.6 is 0 Å². The second-order valence-electron chi connectivity index (χ2n) is 4.38. The fraction of sp³-hybridized carbons (Fsp3) is 0. The van der Waals surface area contributed by atoms with E-state index >= 15 is 0 Å². The maximum absolute atomic E-state index is 3.15. The number of allylic oxidation sites excluding steroid dienone is 2. The summed E-state index contributed by atoms with van der Waals surface area (Å²) >= 11 is 0. The first kappa shape index (κ1) is 12.1. The number of rotatable bonds is 0. The Balaban J connectivity index is 2.17. The van der Waals surface area contributed by atoms with Crippen molar-refractivity contribution >= 4 is 12.2 Å². The van der Waals surface area contributed by atoms with E-state index in [0.717, 1.165) is 22.3 Å². The van der Waals surface area contributed by atoms with Crippen molar-refractivity contribution in [3.8, 4) is 23.7 Å². The lowest BCUT2D eigenvalue weighted by Gasteiger charge is -2.00. The summed E-state index contributed by atoms with van der Waals surface area (Å²) in [5.74, 6) is 12.3. The Morgan fingerprint density at radius 1 is 0.550 bits per heavy atom. The van der Waals surface area contributed by atoms with Crippen LogP contribution in [0.5, 0.6) is 0 Å². The van der Waals surface area contributed by atoms with Crippen molar-refractivity contribution < 1.29 is 0 Å². The molecule has 0 unspecified atom stereocenters. The van der Waals surface area contributed by atoms with Crippen LogP contribution in [0.15, 0.2) is 60.7 Å². The molecule has 0 saturated heterocycles. The lowest BCUT2D eigenvalue weighted by Crippen LogP contribution is -1.83. The van der Waals surface area contributed by atoms with Gasteiger partial charge >= 0.3 is 0 Å². The van der Waals surface area contributed by atoms with Gasteiger partial charge in [0.05, 0.1) is 0 Å². The van der Waals surface area contributed by atoms with Gasteiger partial charge in [0.2, 0.25) is 0 Å². The molecule has 0 saturated carbocycles. The van der Waals surface area contributed by atoms with E-state index in [9.17, 15) is 0 Å². The van der Waals surface area contributed by atoms with Gasteiger partial charge in [-0.25, -0.2) is 0 Å². The molecule has 0 N–H and O–H groups in total. The van der Waals surface area contributed by atoms with E-state index in [-0.39, 0.29) is 0 Å². The van der Waals surface area contributed by atoms with Gasteiger partial charge in [0.15, 0.2) is 0 Å². The molecule has 1 aliphatic carbocycles. The lowest BCUT2D eigenvalue weighted by molar-refractivity contribution is 1.58. The molecular formula is C20H12. The average Bonchev–Trinajstić information content (AvgIpc) is 2.49. The number of hydrogen-bond donors (Lipinski definition) is 0. The molecule has 0 amide bonds. The Labute approximate surface area is 119 Å². The number of hydrogen-bond acceptors (Lipinski definition) is 0. The number of fused-ring (bicyclic) bond motifs is 2. The zero-order valence-corrected chi connectivity index (χ0v) is 10.9. The van der Waals surface area contributed by atoms with Gasteiger partial charge in [-0.2, -0.15) is 0 Å². The molecule has 1 aliphatic rings. The minimum Gasteiger partial charge on any atom is -0.0689 e. The molecule has 0 bridgehead atoms. The predicted molar refractivity (Wildman–Crippen MR) is 84.7 cm³/mol. The summed E-state index contributed by atoms with van der Waals surface area (Å²) in [7, 11) is 0. The highest BCUT2D eigenvalue weighted by molar-refractivity contribution is 5.75. The standard InChI is InChI=1S/C20H12/c1-2-4-10-18-12-6-8-14-20(18)16-15-19-13-7-5-11-17(19)9-3-1/h1-2,5-8,11-16H/b2-1-,16-15+,19-15?,20-16?. The highest BCUT2D eigenvalue weighted by Gasteiger charge is 1.97. The van der Waals surface area contributed by atoms with E-state index in [1.165, 1.54) is 0 Å². The molecule has 0 heteroatoms. The lowest BCUT2D eigenvalue weighted by atomic mass is 10.0. The van der Waals surface area contributed by atoms with E-state index in [4.69, 9.17) is 0 Å². The van der Waals surface area contributed by atoms with Crippen molar-refractivity contribution in [2.24, 2.45) is 0 Å². The van der Waals surface area contributed by atoms with Gasteiger partial charge in [0.25, 0.3) is 0 Å². The van der Waals surface area contributed by atoms with E-state index < -0.39 is 0 Å². The summed E-state index contributed by atoms with van der Waals surface area (Å²) in [6, 6.07) is 16.3. The molecule has 0 aromatic heterocycles. The zero-order valence-electron chi connectivity index (χ0n) is 10.9. The first-order valence-corrected chi connectivity index (χ1v) is 6.48. The van der Waals surface area contributed by atoms with Crippen LogP contribution in [0.4, 0.5) is 0 Å². The SMILES string of the molecule is C1#Cc2ccccc2/C=C/c2ccccc2C#C/C=C\1. The summed E-state index contributed by atoms with van der Waals surface area (Å²) in [6.45, 7) is 0. The van der Waals surface area contributed by atoms with Gasteiger partial charge in [0, 0.05) is 11.1 Å². The summed E-state index contributed by atoms with van der Waals surface area (Å²) in [5.41, 5.74) is 4.30. The molecule has 2 aromatic carbocycles. The van der Waals surface area contributed by atoms with Gasteiger partial charge in [-0.3, -0.25) is 0 Å². The van der Waals surface area contributed by atoms with Crippen molar-refractivity contribution in [1.82, 2.24) is 0 Å². The topological polar surface area (TPSA) is 0 Å². The Hall–Kier alpha value is -2.96. The van der Waals surface area contributed by atoms with Crippen molar-refractivity contribution in [2.75, 3.05) is 0 Å². The molecule has 0 spiro atoms. The number of benzene rings is 2. The van der Waals surface area contributed by atoms with Crippen molar-refractivity contribution in [1.29, 1.82) is 0 Å². The molecule has 0 radical (unpaired) electrons. The summed E-state index contributed by atoms with van der Waals surface area (Å²) < 4.78 is 0. The predicted octanol–water partition coefficient (Wildman–Crippen LogP) is 4.13. The molecule has 0 nitrogen and oxygen atoms in total. The highest BCUT2D eigenvalue weighted by atomic mass is 14.0. The van der Waals surface area contributed by atoms with E-state index in [1.807, 2.05) is 36.4 Å². The Kier molecular flexibility index (Phi) is 3.50. The maximum atomic E-state index is 3.15. The van der Waals surface area contributed by atoms with Gasteiger partial charge in [-0.15, -0.1) is 0 Å². The fourth-order valence-electron chi connectivity index (χ4n) is 2.01. The van der Waals surface area contributed by atoms with Gasteiger partial charge < -0.3 is 0 Å². The average molecular weight is 252 g/mol. The monoisotopic (exact) mass is 252 g/mol. The first-order chi connectivity index (χ1) is 9.93. The molecule has 0 aliphatic heterocycles. The summed E-state index contributed by atoms with van der Waals surface area (Å²) in [5, 5.41) is 0. The fourth-order valence-corrected chi connectivity index (χ4v) is 2.01. The van der Waals surface area contributed by atoms with Crippen LogP contribution in [-0.4, -0.2) is 0 Å². The van der Waals surface area contributed by atoms with Crippen molar-refractivity contribution in [3.63, 3.8) is 0 Å². The van der Waals surface area contributed by atoms with E-state index in [0.29, 0.717) is 0 Å². The van der Waals surface area contributed by atoms with Gasteiger partial charge in [-0.1, -0.05) is 72.2 Å². The second kappa shape index (κ2) is 5.79. The van der Waals surface area contributed by atoms with Crippen LogP contribution in [0, 0.1) is 23.7 Å². The molecule has 2 aromatic rings. The molecule has 92 valence electrons. The van der Waals surface area contributed by atoms with E-state index in [2.05, 4.69) is 48.0 Å². The van der Waals surface area contributed by atoms with Crippen LogP contribution in [0.25, 0.3) is 12.2 Å². The van der Waals surface area contributed by atoms with Crippen molar-refractivity contribution in [2.45, 2.75) is 0 Å². The quantitative estimate of drug-likeness (QED) is 0.618. The van der Waals surface area contributed by atoms with Gasteiger partial charge in [0.1, 0.15) is 0 Å². The second-order valence-corrected chi connectivity index (χ2v) is 4.38. The largest absolute Gasteiger partial charge is 0.0689 e. The molecule has 0 heterocycles. The normalized spacial score (nSPS) is 14.8. The van der Waals surface area contributed by atoms with Crippen LogP contribution in [0.2, 0.25) is 0 Å². The minimum atomic E-state index is 1.03. The van der Waals surface area contributed by atoms with Crippen LogP contribution in [0.1, 0.15) is 22.3 Å². The third-order valence-electron chi connectivity index (χ3n) is 3.03. The van der Waals surface area contributed by atoms with Crippen LogP contribution < -0.4 is 0 Å². The Bertz CT molecular complexity index is 743. The summed E-state index contributed by atoms with van der Waals surface area (Å²) in [4.78, 5) is 0. The van der Waals surface area contributed by atoms with Gasteiger partial charge in [-0.05, 0) is 35.4 Å². The highest BCUT2D eigenvalue weighted by Crippen LogP contribution is 2.15. The molecule has 0 atom stereocenters. The molecular weight excluding hydrogens is 240 g/mol. The third-order valence-corrected chi connectivity index (χ3v) is 3.03. The summed E-state index contributed by atoms with van der Waals surface area (Å²) in [6.07, 6.45) is 7.76. The molecule has 3 rings (SSSR count). The van der Waals surface area contributed by atoms with Crippen molar-refractivity contribution in [3.05, 3.63) is 82.9 Å². The molecule has 0 fully saturated rings. The minimum absolute atomic E-state index is 1.03. The zero-order chi connectivity index (χ0) is 13.6. The Morgan fingerprint density at radius 3 is 1.50 bits per heavy atom. The maximum Gasteiger partial charge on any atom is 0.0321 e. The smallest absolute Gasteiger partial charge is 0.0321 e. The molecule has 20 heavy (non-hydrogen) atoms. The van der Waals surface area contributed by atoms with Crippen LogP contribution in [0.3, 0.4) is 0 Å².